The van der Waals surface area contributed by atoms with Crippen LogP contribution < -0.4 is 9.47 Å². The van der Waals surface area contributed by atoms with E-state index < -0.39 is 11.0 Å². The van der Waals surface area contributed by atoms with Crippen molar-refractivity contribution in [2.45, 2.75) is 30.3 Å². The standard InChI is InChI=1S/C25H28N2O3/c1-27-11-10-24(19-7-5-8-20(13-19)29-2)15-21-18(14-25(24,28)16-27)12-17-6-4-9-22(30-3)23(17)26-21/h4-9,12-13,28H,10-11,14-16H2,1-3H3/t24-,25-/m0/s1. The van der Waals surface area contributed by atoms with Crippen LogP contribution in [0.3, 0.4) is 0 Å². The van der Waals surface area contributed by atoms with Crippen molar-refractivity contribution in [3.63, 3.8) is 0 Å². The van der Waals surface area contributed by atoms with Crippen LogP contribution in [0.1, 0.15) is 23.2 Å². The number of pyridine rings is 1. The molecule has 0 spiro atoms. The number of fused-ring (bicyclic) bond motifs is 3. The first kappa shape index (κ1) is 19.3. The van der Waals surface area contributed by atoms with E-state index >= 15 is 0 Å². The van der Waals surface area contributed by atoms with Crippen molar-refractivity contribution in [1.82, 2.24) is 9.88 Å². The molecule has 30 heavy (non-hydrogen) atoms. The van der Waals surface area contributed by atoms with Crippen LogP contribution in [0, 0.1) is 0 Å². The molecule has 1 saturated heterocycles. The second kappa shape index (κ2) is 6.96. The average molecular weight is 405 g/mol. The minimum Gasteiger partial charge on any atom is -0.497 e. The quantitative estimate of drug-likeness (QED) is 0.726. The van der Waals surface area contributed by atoms with E-state index in [1.807, 2.05) is 24.3 Å². The third-order valence-electron chi connectivity index (χ3n) is 7.11. The lowest BCUT2D eigenvalue weighted by Crippen LogP contribution is -2.66. The molecule has 5 rings (SSSR count). The molecule has 2 atom stereocenters. The van der Waals surface area contributed by atoms with Gasteiger partial charge in [0.25, 0.3) is 0 Å². The summed E-state index contributed by atoms with van der Waals surface area (Å²) in [6.07, 6.45) is 2.16. The Hall–Kier alpha value is -2.63. The van der Waals surface area contributed by atoms with Gasteiger partial charge in [-0.15, -0.1) is 0 Å². The van der Waals surface area contributed by atoms with Crippen molar-refractivity contribution in [2.24, 2.45) is 0 Å². The summed E-state index contributed by atoms with van der Waals surface area (Å²) in [5.41, 5.74) is 2.94. The van der Waals surface area contributed by atoms with Crippen LogP contribution in [-0.2, 0) is 18.3 Å². The Balaban J connectivity index is 1.71. The minimum absolute atomic E-state index is 0.399. The lowest BCUT2D eigenvalue weighted by Gasteiger charge is -2.56. The fraction of sp³-hybridized carbons (Fsp3) is 0.400. The first-order chi connectivity index (χ1) is 14.5. The second-order valence-electron chi connectivity index (χ2n) is 8.81. The monoisotopic (exact) mass is 404 g/mol. The van der Waals surface area contributed by atoms with Crippen LogP contribution in [0.25, 0.3) is 10.9 Å². The number of β-amino-alcohol motifs (C(OH)–C–C–N with tert-alkyl or cyclic N) is 1. The third-order valence-corrected chi connectivity index (χ3v) is 7.11. The summed E-state index contributed by atoms with van der Waals surface area (Å²) in [6.45, 7) is 1.57. The molecular weight excluding hydrogens is 376 g/mol. The van der Waals surface area contributed by atoms with Gasteiger partial charge in [0.05, 0.1) is 19.8 Å². The molecule has 2 heterocycles. The largest absolute Gasteiger partial charge is 0.497 e. The number of ether oxygens (including phenoxy) is 2. The van der Waals surface area contributed by atoms with Gasteiger partial charge in [-0.05, 0) is 55.4 Å². The molecule has 5 heteroatoms. The Kier molecular flexibility index (Phi) is 4.49. The number of hydrogen-bond donors (Lipinski definition) is 1. The van der Waals surface area contributed by atoms with Gasteiger partial charge < -0.3 is 19.5 Å². The predicted octanol–water partition coefficient (Wildman–Crippen LogP) is 3.36. The fourth-order valence-corrected chi connectivity index (χ4v) is 5.53. The van der Waals surface area contributed by atoms with Gasteiger partial charge >= 0.3 is 0 Å². The molecule has 0 saturated carbocycles. The molecule has 5 nitrogen and oxygen atoms in total. The predicted molar refractivity (Wildman–Crippen MR) is 117 cm³/mol. The van der Waals surface area contributed by atoms with E-state index in [0.717, 1.165) is 52.2 Å². The number of para-hydroxylation sites is 1. The highest BCUT2D eigenvalue weighted by molar-refractivity contribution is 5.85. The molecule has 0 unspecified atom stereocenters. The third kappa shape index (κ3) is 2.80. The zero-order valence-electron chi connectivity index (χ0n) is 17.8. The van der Waals surface area contributed by atoms with Gasteiger partial charge in [0.2, 0.25) is 0 Å². The molecule has 2 aromatic carbocycles. The second-order valence-corrected chi connectivity index (χ2v) is 8.81. The van der Waals surface area contributed by atoms with Crippen molar-refractivity contribution < 1.29 is 14.6 Å². The van der Waals surface area contributed by atoms with E-state index in [-0.39, 0.29) is 0 Å². The summed E-state index contributed by atoms with van der Waals surface area (Å²) in [5.74, 6) is 1.61. The number of aliphatic hydroxyl groups is 1. The fourth-order valence-electron chi connectivity index (χ4n) is 5.53. The summed E-state index contributed by atoms with van der Waals surface area (Å²) in [7, 11) is 5.46. The molecule has 1 aliphatic heterocycles. The van der Waals surface area contributed by atoms with Crippen LogP contribution in [-0.4, -0.2) is 54.9 Å². The molecule has 1 fully saturated rings. The topological polar surface area (TPSA) is 54.8 Å². The Morgan fingerprint density at radius 2 is 1.87 bits per heavy atom. The van der Waals surface area contributed by atoms with Crippen molar-refractivity contribution in [3.8, 4) is 11.5 Å². The van der Waals surface area contributed by atoms with Crippen molar-refractivity contribution >= 4 is 10.9 Å². The van der Waals surface area contributed by atoms with Gasteiger partial charge in [0, 0.05) is 35.9 Å². The molecule has 0 bridgehead atoms. The van der Waals surface area contributed by atoms with Crippen LogP contribution in [0.2, 0.25) is 0 Å². The maximum Gasteiger partial charge on any atom is 0.145 e. The first-order valence-corrected chi connectivity index (χ1v) is 10.5. The molecule has 0 radical (unpaired) electrons. The van der Waals surface area contributed by atoms with Crippen molar-refractivity contribution in [1.29, 1.82) is 0 Å². The van der Waals surface area contributed by atoms with Crippen LogP contribution in [0.5, 0.6) is 11.5 Å². The maximum atomic E-state index is 12.1. The van der Waals surface area contributed by atoms with E-state index in [9.17, 15) is 5.11 Å². The van der Waals surface area contributed by atoms with Crippen LogP contribution in [0.4, 0.5) is 0 Å². The van der Waals surface area contributed by atoms with Gasteiger partial charge in [0.15, 0.2) is 0 Å². The maximum absolute atomic E-state index is 12.1. The number of methoxy groups -OCH3 is 2. The zero-order chi connectivity index (χ0) is 20.9. The first-order valence-electron chi connectivity index (χ1n) is 10.5. The van der Waals surface area contributed by atoms with Gasteiger partial charge in [-0.1, -0.05) is 24.3 Å². The van der Waals surface area contributed by atoms with Crippen molar-refractivity contribution in [3.05, 3.63) is 65.4 Å². The summed E-state index contributed by atoms with van der Waals surface area (Å²) >= 11 is 0. The molecule has 156 valence electrons. The van der Waals surface area contributed by atoms with E-state index in [1.54, 1.807) is 14.2 Å². The minimum atomic E-state index is -0.867. The number of benzene rings is 2. The summed E-state index contributed by atoms with van der Waals surface area (Å²) in [6, 6.07) is 16.4. The van der Waals surface area contributed by atoms with Gasteiger partial charge in [-0.25, -0.2) is 4.98 Å². The lowest BCUT2D eigenvalue weighted by molar-refractivity contribution is -0.0976. The summed E-state index contributed by atoms with van der Waals surface area (Å²) in [4.78, 5) is 7.30. The highest BCUT2D eigenvalue weighted by atomic mass is 16.5. The smallest absolute Gasteiger partial charge is 0.145 e. The number of likely N-dealkylation sites (N-methyl/N-ethyl adjacent to an activating group) is 1. The molecule has 3 aromatic rings. The lowest BCUT2D eigenvalue weighted by atomic mass is 9.56. The van der Waals surface area contributed by atoms with E-state index in [1.165, 1.54) is 0 Å². The SMILES string of the molecule is COc1cccc([C@@]23CCN(C)C[C@@]2(O)Cc2cc4cccc(OC)c4nc2C3)c1. The number of aromatic nitrogens is 1. The zero-order valence-corrected chi connectivity index (χ0v) is 17.8. The van der Waals surface area contributed by atoms with Gasteiger partial charge in [-0.3, -0.25) is 0 Å². The number of piperidine rings is 1. The molecule has 1 aliphatic carbocycles. The van der Waals surface area contributed by atoms with Crippen LogP contribution in [0.15, 0.2) is 48.5 Å². The molecule has 2 aliphatic rings. The highest BCUT2D eigenvalue weighted by Crippen LogP contribution is 2.50. The highest BCUT2D eigenvalue weighted by Gasteiger charge is 2.57. The van der Waals surface area contributed by atoms with Gasteiger partial charge in [0.1, 0.15) is 17.0 Å². The summed E-state index contributed by atoms with van der Waals surface area (Å²) in [5, 5.41) is 13.2. The number of nitrogens with zero attached hydrogens (tertiary/aromatic N) is 2. The molecule has 0 amide bonds. The molecule has 1 aromatic heterocycles. The Bertz CT molecular complexity index is 1110. The Labute approximate surface area is 177 Å². The van der Waals surface area contributed by atoms with E-state index in [2.05, 4.69) is 36.2 Å². The molecular formula is C25H28N2O3. The number of hydrogen-bond acceptors (Lipinski definition) is 5. The average Bonchev–Trinajstić information content (AvgIpc) is 2.75. The number of rotatable bonds is 3. The van der Waals surface area contributed by atoms with Crippen molar-refractivity contribution in [2.75, 3.05) is 34.4 Å². The number of likely N-dealkylation sites (tertiary alicyclic amines) is 1. The van der Waals surface area contributed by atoms with E-state index in [0.29, 0.717) is 19.4 Å². The molecule has 1 N–H and O–H groups in total. The Morgan fingerprint density at radius 3 is 2.67 bits per heavy atom. The van der Waals surface area contributed by atoms with Gasteiger partial charge in [-0.2, -0.15) is 0 Å². The van der Waals surface area contributed by atoms with E-state index in [4.69, 9.17) is 14.5 Å². The summed E-state index contributed by atoms with van der Waals surface area (Å²) < 4.78 is 11.1. The Morgan fingerprint density at radius 1 is 1.03 bits per heavy atom. The normalized spacial score (nSPS) is 26.1. The van der Waals surface area contributed by atoms with Crippen LogP contribution >= 0.6 is 0 Å².